The Morgan fingerprint density at radius 2 is 1.75 bits per heavy atom. The summed E-state index contributed by atoms with van der Waals surface area (Å²) in [6.07, 6.45) is 0. The first-order valence-corrected chi connectivity index (χ1v) is 4.57. The Hall–Kier alpha value is -2.43. The summed E-state index contributed by atoms with van der Waals surface area (Å²) in [5.41, 5.74) is 5.46. The Morgan fingerprint density at radius 1 is 1.12 bits per heavy atom. The highest BCUT2D eigenvalue weighted by Gasteiger charge is 2.14. The van der Waals surface area contributed by atoms with Crippen molar-refractivity contribution in [3.05, 3.63) is 52.1 Å². The van der Waals surface area contributed by atoms with E-state index in [0.29, 0.717) is 16.3 Å². The van der Waals surface area contributed by atoms with Gasteiger partial charge >= 0.3 is 0 Å². The lowest BCUT2D eigenvalue weighted by atomic mass is 10.0. The van der Waals surface area contributed by atoms with E-state index in [1.54, 1.807) is 24.3 Å². The van der Waals surface area contributed by atoms with Crippen LogP contribution in [0.2, 0.25) is 0 Å². The van der Waals surface area contributed by atoms with Gasteiger partial charge in [0.05, 0.1) is 10.3 Å². The number of amides is 1. The van der Waals surface area contributed by atoms with Crippen LogP contribution < -0.4 is 5.73 Å². The van der Waals surface area contributed by atoms with Crippen molar-refractivity contribution in [1.82, 2.24) is 0 Å². The van der Waals surface area contributed by atoms with E-state index in [-0.39, 0.29) is 5.69 Å². The molecule has 0 heterocycles. The third-order valence-electron chi connectivity index (χ3n) is 2.36. The van der Waals surface area contributed by atoms with Gasteiger partial charge in [0.15, 0.2) is 0 Å². The largest absolute Gasteiger partial charge is 0.366 e. The van der Waals surface area contributed by atoms with Crippen LogP contribution in [0.3, 0.4) is 0 Å². The van der Waals surface area contributed by atoms with Gasteiger partial charge in [0.2, 0.25) is 5.91 Å². The van der Waals surface area contributed by atoms with Crippen LogP contribution in [0, 0.1) is 10.1 Å². The summed E-state index contributed by atoms with van der Waals surface area (Å²) in [6.45, 7) is 0. The maximum Gasteiger partial charge on any atom is 0.277 e. The minimum atomic E-state index is -0.592. The highest BCUT2D eigenvalue weighted by atomic mass is 16.6. The number of carbonyl (C=O) groups excluding carboxylic acids is 1. The molecule has 0 aromatic heterocycles. The second kappa shape index (κ2) is 3.62. The van der Waals surface area contributed by atoms with Crippen LogP contribution in [0.15, 0.2) is 36.4 Å². The third-order valence-corrected chi connectivity index (χ3v) is 2.36. The number of non-ortho nitro benzene ring substituents is 1. The number of rotatable bonds is 2. The Balaban J connectivity index is 2.86. The fraction of sp³-hybridized carbons (Fsp3) is 0. The number of nitrogens with two attached hydrogens (primary N) is 1. The first-order chi connectivity index (χ1) is 7.61. The third kappa shape index (κ3) is 1.48. The molecule has 0 aliphatic heterocycles. The summed E-state index contributed by atoms with van der Waals surface area (Å²) in [5, 5.41) is 11.7. The fourth-order valence-electron chi connectivity index (χ4n) is 1.67. The average Bonchev–Trinajstić information content (AvgIpc) is 2.27. The zero-order valence-corrected chi connectivity index (χ0v) is 8.21. The van der Waals surface area contributed by atoms with Crippen LogP contribution >= 0.6 is 0 Å². The molecule has 2 aromatic carbocycles. The van der Waals surface area contributed by atoms with Crippen LogP contribution in [0.1, 0.15) is 10.4 Å². The zero-order chi connectivity index (χ0) is 11.7. The van der Waals surface area contributed by atoms with Gasteiger partial charge in [0.1, 0.15) is 0 Å². The van der Waals surface area contributed by atoms with Gasteiger partial charge in [-0.05, 0) is 12.1 Å². The standard InChI is InChI=1S/C11H8N2O3/c12-11(14)9-5-1-4-8-7(9)3-2-6-10(8)13(15)16/h1-6H,(H2,12,14). The summed E-state index contributed by atoms with van der Waals surface area (Å²) in [6, 6.07) is 9.30. The molecule has 0 unspecified atom stereocenters. The Labute approximate surface area is 90.6 Å². The van der Waals surface area contributed by atoms with Gasteiger partial charge in [-0.2, -0.15) is 0 Å². The Bertz CT molecular complexity index is 540. The molecule has 0 aliphatic rings. The number of benzene rings is 2. The van der Waals surface area contributed by atoms with Crippen molar-refractivity contribution in [1.29, 1.82) is 0 Å². The molecule has 0 fully saturated rings. The van der Waals surface area contributed by atoms with Gasteiger partial charge in [-0.25, -0.2) is 0 Å². The molecule has 2 rings (SSSR count). The smallest absolute Gasteiger partial charge is 0.277 e. The van der Waals surface area contributed by atoms with Crippen molar-refractivity contribution in [2.45, 2.75) is 0 Å². The Morgan fingerprint density at radius 3 is 2.38 bits per heavy atom. The molecule has 16 heavy (non-hydrogen) atoms. The number of primary amides is 1. The van der Waals surface area contributed by atoms with Crippen molar-refractivity contribution in [3.8, 4) is 0 Å². The predicted octanol–water partition coefficient (Wildman–Crippen LogP) is 1.85. The number of nitro groups is 1. The first kappa shape index (κ1) is 10.1. The minimum absolute atomic E-state index is 0.0272. The van der Waals surface area contributed by atoms with E-state index in [9.17, 15) is 14.9 Å². The number of hydrogen-bond acceptors (Lipinski definition) is 3. The molecule has 0 aliphatic carbocycles. The summed E-state index contributed by atoms with van der Waals surface area (Å²) < 4.78 is 0. The van der Waals surface area contributed by atoms with E-state index in [1.165, 1.54) is 12.1 Å². The Kier molecular flexibility index (Phi) is 2.28. The quantitative estimate of drug-likeness (QED) is 0.613. The van der Waals surface area contributed by atoms with Gasteiger partial charge in [-0.15, -0.1) is 0 Å². The van der Waals surface area contributed by atoms with Gasteiger partial charge in [-0.3, -0.25) is 14.9 Å². The van der Waals surface area contributed by atoms with E-state index in [2.05, 4.69) is 0 Å². The first-order valence-electron chi connectivity index (χ1n) is 4.57. The topological polar surface area (TPSA) is 86.2 Å². The van der Waals surface area contributed by atoms with Gasteiger partial charge in [0, 0.05) is 17.0 Å². The van der Waals surface area contributed by atoms with Crippen molar-refractivity contribution in [2.75, 3.05) is 0 Å². The summed E-state index contributed by atoms with van der Waals surface area (Å²) in [7, 11) is 0. The SMILES string of the molecule is NC(=O)c1cccc2c([N+](=O)[O-])cccc12. The molecule has 2 aromatic rings. The van der Waals surface area contributed by atoms with Gasteiger partial charge in [-0.1, -0.05) is 18.2 Å². The molecule has 5 nitrogen and oxygen atoms in total. The lowest BCUT2D eigenvalue weighted by Crippen LogP contribution is -2.11. The molecule has 0 radical (unpaired) electrons. The highest BCUT2D eigenvalue weighted by molar-refractivity contribution is 6.08. The second-order valence-electron chi connectivity index (χ2n) is 3.30. The van der Waals surface area contributed by atoms with E-state index < -0.39 is 10.8 Å². The monoisotopic (exact) mass is 216 g/mol. The van der Waals surface area contributed by atoms with Crippen molar-refractivity contribution in [2.24, 2.45) is 5.73 Å². The van der Waals surface area contributed by atoms with Crippen LogP contribution in [-0.2, 0) is 0 Å². The van der Waals surface area contributed by atoms with E-state index in [4.69, 9.17) is 5.73 Å². The number of nitro benzene ring substituents is 1. The molecular formula is C11H8N2O3. The fourth-order valence-corrected chi connectivity index (χ4v) is 1.67. The number of carbonyl (C=O) groups is 1. The molecule has 0 atom stereocenters. The lowest BCUT2D eigenvalue weighted by Gasteiger charge is -2.03. The summed E-state index contributed by atoms with van der Waals surface area (Å²) >= 11 is 0. The molecule has 0 bridgehead atoms. The molecular weight excluding hydrogens is 208 g/mol. The van der Waals surface area contributed by atoms with Crippen LogP contribution in [0.4, 0.5) is 5.69 Å². The van der Waals surface area contributed by atoms with Crippen molar-refractivity contribution in [3.63, 3.8) is 0 Å². The average molecular weight is 216 g/mol. The number of nitrogens with zero attached hydrogens (tertiary/aromatic N) is 1. The maximum atomic E-state index is 11.1. The van der Waals surface area contributed by atoms with Crippen LogP contribution in [-0.4, -0.2) is 10.8 Å². The molecule has 0 spiro atoms. The van der Waals surface area contributed by atoms with E-state index in [0.717, 1.165) is 0 Å². The highest BCUT2D eigenvalue weighted by Crippen LogP contribution is 2.27. The predicted molar refractivity (Wildman–Crippen MR) is 59.1 cm³/mol. The lowest BCUT2D eigenvalue weighted by molar-refractivity contribution is -0.383. The van der Waals surface area contributed by atoms with Crippen molar-refractivity contribution < 1.29 is 9.72 Å². The molecule has 80 valence electrons. The van der Waals surface area contributed by atoms with E-state index in [1.807, 2.05) is 0 Å². The van der Waals surface area contributed by atoms with Crippen molar-refractivity contribution >= 4 is 22.4 Å². The zero-order valence-electron chi connectivity index (χ0n) is 8.21. The molecule has 2 N–H and O–H groups in total. The minimum Gasteiger partial charge on any atom is -0.366 e. The van der Waals surface area contributed by atoms with Gasteiger partial charge in [0.25, 0.3) is 5.69 Å². The number of hydrogen-bond donors (Lipinski definition) is 1. The second-order valence-corrected chi connectivity index (χ2v) is 3.30. The van der Waals surface area contributed by atoms with Gasteiger partial charge < -0.3 is 5.73 Å². The van der Waals surface area contributed by atoms with E-state index >= 15 is 0 Å². The molecule has 1 amide bonds. The van der Waals surface area contributed by atoms with Crippen LogP contribution in [0.5, 0.6) is 0 Å². The molecule has 0 saturated heterocycles. The number of fused-ring (bicyclic) bond motifs is 1. The molecule has 5 heteroatoms. The maximum absolute atomic E-state index is 11.1. The normalized spacial score (nSPS) is 10.2. The molecule has 0 saturated carbocycles. The summed E-state index contributed by atoms with van der Waals surface area (Å²) in [5.74, 6) is -0.592. The summed E-state index contributed by atoms with van der Waals surface area (Å²) in [4.78, 5) is 21.5. The van der Waals surface area contributed by atoms with Crippen LogP contribution in [0.25, 0.3) is 10.8 Å².